The Balaban J connectivity index is 2.21. The van der Waals surface area contributed by atoms with Crippen LogP contribution in [0.1, 0.15) is 32.6 Å². The number of hydrogen-bond acceptors (Lipinski definition) is 2. The van der Waals surface area contributed by atoms with Crippen LogP contribution in [0.3, 0.4) is 0 Å². The largest absolute Gasteiger partial charge is 0.377 e. The lowest BCUT2D eigenvalue weighted by Crippen LogP contribution is -2.37. The number of hydrogen-bond donors (Lipinski definition) is 0. The molecule has 84 valence electrons. The second-order valence-electron chi connectivity index (χ2n) is 3.98. The van der Waals surface area contributed by atoms with E-state index in [9.17, 15) is 0 Å². The molecule has 0 aromatic rings. The first-order chi connectivity index (χ1) is 6.86. The molecule has 3 heteroatoms. The molecule has 1 unspecified atom stereocenters. The molecule has 0 aromatic heterocycles. The number of nitrogens with zero attached hydrogens (tertiary/aromatic N) is 1. The topological polar surface area (TPSA) is 12.5 Å². The maximum Gasteiger partial charge on any atom is 0.0702 e. The molecule has 0 N–H and O–H groups in total. The van der Waals surface area contributed by atoms with Crippen LogP contribution >= 0.6 is 15.9 Å². The van der Waals surface area contributed by atoms with Gasteiger partial charge in [-0.3, -0.25) is 4.90 Å². The minimum Gasteiger partial charge on any atom is -0.377 e. The maximum absolute atomic E-state index is 5.74. The maximum atomic E-state index is 5.74. The molecule has 1 fully saturated rings. The molecule has 1 aliphatic rings. The molecule has 1 atom stereocenters. The highest BCUT2D eigenvalue weighted by atomic mass is 79.9. The van der Waals surface area contributed by atoms with Gasteiger partial charge in [0.05, 0.1) is 6.10 Å². The number of alkyl halides is 1. The van der Waals surface area contributed by atoms with Gasteiger partial charge in [0.2, 0.25) is 0 Å². The SMILES string of the molecule is CCCN(CCBr)CC1CCCCO1. The van der Waals surface area contributed by atoms with Crippen molar-refractivity contribution >= 4 is 15.9 Å². The molecular formula is C11H22BrNO. The average molecular weight is 264 g/mol. The predicted molar refractivity (Wildman–Crippen MR) is 64.1 cm³/mol. The Morgan fingerprint density at radius 1 is 1.36 bits per heavy atom. The van der Waals surface area contributed by atoms with Crippen molar-refractivity contribution in [2.75, 3.05) is 31.6 Å². The van der Waals surface area contributed by atoms with Gasteiger partial charge in [0.15, 0.2) is 0 Å². The summed E-state index contributed by atoms with van der Waals surface area (Å²) in [6.07, 6.45) is 5.58. The summed E-state index contributed by atoms with van der Waals surface area (Å²) in [5.41, 5.74) is 0. The lowest BCUT2D eigenvalue weighted by molar-refractivity contribution is -0.00457. The second kappa shape index (κ2) is 7.66. The number of rotatable bonds is 6. The molecule has 0 amide bonds. The molecule has 0 saturated carbocycles. The first kappa shape index (κ1) is 12.5. The Morgan fingerprint density at radius 3 is 2.79 bits per heavy atom. The second-order valence-corrected chi connectivity index (χ2v) is 4.77. The summed E-state index contributed by atoms with van der Waals surface area (Å²) in [4.78, 5) is 2.50. The van der Waals surface area contributed by atoms with Crippen LogP contribution in [0.2, 0.25) is 0 Å². The highest BCUT2D eigenvalue weighted by Gasteiger charge is 2.16. The van der Waals surface area contributed by atoms with Gasteiger partial charge in [-0.05, 0) is 32.2 Å². The Labute approximate surface area is 96.1 Å². The third-order valence-electron chi connectivity index (χ3n) is 2.68. The van der Waals surface area contributed by atoms with Crippen LogP contribution in [-0.2, 0) is 4.74 Å². The fourth-order valence-electron chi connectivity index (χ4n) is 1.97. The molecule has 0 aromatic carbocycles. The standard InChI is InChI=1S/C11H22BrNO/c1-2-7-13(8-6-12)10-11-5-3-4-9-14-11/h11H,2-10H2,1H3. The monoisotopic (exact) mass is 263 g/mol. The number of halogens is 1. The Morgan fingerprint density at radius 2 is 2.21 bits per heavy atom. The minimum atomic E-state index is 0.495. The third kappa shape index (κ3) is 4.76. The molecule has 0 radical (unpaired) electrons. The molecule has 1 saturated heterocycles. The normalized spacial score (nSPS) is 22.9. The lowest BCUT2D eigenvalue weighted by Gasteiger charge is -2.29. The van der Waals surface area contributed by atoms with Gasteiger partial charge in [-0.15, -0.1) is 0 Å². The molecule has 1 rings (SSSR count). The van der Waals surface area contributed by atoms with E-state index in [4.69, 9.17) is 4.74 Å². The molecule has 0 aliphatic carbocycles. The Bertz CT molecular complexity index is 131. The summed E-state index contributed by atoms with van der Waals surface area (Å²) in [7, 11) is 0. The van der Waals surface area contributed by atoms with E-state index in [2.05, 4.69) is 27.8 Å². The first-order valence-corrected chi connectivity index (χ1v) is 6.89. The van der Waals surface area contributed by atoms with E-state index in [1.807, 2.05) is 0 Å². The van der Waals surface area contributed by atoms with Crippen molar-refractivity contribution in [3.63, 3.8) is 0 Å². The summed E-state index contributed by atoms with van der Waals surface area (Å²) >= 11 is 3.50. The first-order valence-electron chi connectivity index (χ1n) is 5.76. The molecule has 1 heterocycles. The molecular weight excluding hydrogens is 242 g/mol. The van der Waals surface area contributed by atoms with E-state index in [1.54, 1.807) is 0 Å². The van der Waals surface area contributed by atoms with Gasteiger partial charge in [0.25, 0.3) is 0 Å². The van der Waals surface area contributed by atoms with Crippen LogP contribution in [0.5, 0.6) is 0 Å². The molecule has 2 nitrogen and oxygen atoms in total. The lowest BCUT2D eigenvalue weighted by atomic mass is 10.1. The van der Waals surface area contributed by atoms with Gasteiger partial charge in [0.1, 0.15) is 0 Å². The van der Waals surface area contributed by atoms with Gasteiger partial charge in [-0.2, -0.15) is 0 Å². The smallest absolute Gasteiger partial charge is 0.0702 e. The predicted octanol–water partition coefficient (Wildman–Crippen LogP) is 2.66. The Kier molecular flexibility index (Phi) is 6.82. The van der Waals surface area contributed by atoms with Crippen LogP contribution in [0.25, 0.3) is 0 Å². The van der Waals surface area contributed by atoms with Crippen LogP contribution in [-0.4, -0.2) is 42.6 Å². The van der Waals surface area contributed by atoms with Gasteiger partial charge >= 0.3 is 0 Å². The quantitative estimate of drug-likeness (QED) is 0.684. The van der Waals surface area contributed by atoms with Crippen molar-refractivity contribution in [3.8, 4) is 0 Å². The van der Waals surface area contributed by atoms with E-state index in [0.717, 1.165) is 25.0 Å². The summed E-state index contributed by atoms with van der Waals surface area (Å²) in [6.45, 7) is 6.68. The van der Waals surface area contributed by atoms with Gasteiger partial charge in [-0.25, -0.2) is 0 Å². The zero-order chi connectivity index (χ0) is 10.2. The average Bonchev–Trinajstić information content (AvgIpc) is 2.20. The van der Waals surface area contributed by atoms with E-state index in [0.29, 0.717) is 6.10 Å². The summed E-state index contributed by atoms with van der Waals surface area (Å²) < 4.78 is 5.74. The summed E-state index contributed by atoms with van der Waals surface area (Å²) in [5.74, 6) is 0. The van der Waals surface area contributed by atoms with Crippen LogP contribution in [0.4, 0.5) is 0 Å². The van der Waals surface area contributed by atoms with Crippen molar-refractivity contribution in [2.24, 2.45) is 0 Å². The van der Waals surface area contributed by atoms with E-state index >= 15 is 0 Å². The van der Waals surface area contributed by atoms with E-state index in [1.165, 1.54) is 32.2 Å². The fraction of sp³-hybridized carbons (Fsp3) is 1.00. The molecule has 14 heavy (non-hydrogen) atoms. The van der Waals surface area contributed by atoms with Crippen LogP contribution in [0, 0.1) is 0 Å². The van der Waals surface area contributed by atoms with Crippen molar-refractivity contribution in [2.45, 2.75) is 38.7 Å². The van der Waals surface area contributed by atoms with Crippen molar-refractivity contribution < 1.29 is 4.74 Å². The van der Waals surface area contributed by atoms with E-state index < -0.39 is 0 Å². The van der Waals surface area contributed by atoms with Crippen molar-refractivity contribution in [1.29, 1.82) is 0 Å². The zero-order valence-electron chi connectivity index (χ0n) is 9.17. The fourth-order valence-corrected chi connectivity index (χ4v) is 2.47. The molecule has 1 aliphatic heterocycles. The van der Waals surface area contributed by atoms with Gasteiger partial charge in [-0.1, -0.05) is 22.9 Å². The highest BCUT2D eigenvalue weighted by Crippen LogP contribution is 2.14. The Hall–Kier alpha value is 0.400. The van der Waals surface area contributed by atoms with Crippen LogP contribution < -0.4 is 0 Å². The van der Waals surface area contributed by atoms with E-state index in [-0.39, 0.29) is 0 Å². The van der Waals surface area contributed by atoms with Crippen molar-refractivity contribution in [3.05, 3.63) is 0 Å². The molecule has 0 bridgehead atoms. The zero-order valence-corrected chi connectivity index (χ0v) is 10.8. The molecule has 0 spiro atoms. The number of ether oxygens (including phenoxy) is 1. The van der Waals surface area contributed by atoms with Crippen LogP contribution in [0.15, 0.2) is 0 Å². The highest BCUT2D eigenvalue weighted by molar-refractivity contribution is 9.09. The van der Waals surface area contributed by atoms with Crippen molar-refractivity contribution in [1.82, 2.24) is 4.90 Å². The van der Waals surface area contributed by atoms with Gasteiger partial charge < -0.3 is 4.74 Å². The van der Waals surface area contributed by atoms with Gasteiger partial charge in [0, 0.05) is 25.0 Å². The summed E-state index contributed by atoms with van der Waals surface area (Å²) in [5, 5.41) is 1.07. The summed E-state index contributed by atoms with van der Waals surface area (Å²) in [6, 6.07) is 0. The third-order valence-corrected chi connectivity index (χ3v) is 3.03. The minimum absolute atomic E-state index is 0.495.